The normalized spacial score (nSPS) is 11.0. The van der Waals surface area contributed by atoms with Gasteiger partial charge in [-0.2, -0.15) is 0 Å². The molecule has 2 N–H and O–H groups in total. The first kappa shape index (κ1) is 23.3. The van der Waals surface area contributed by atoms with Crippen LogP contribution in [-0.2, 0) is 0 Å². The molecule has 0 aliphatic heterocycles. The van der Waals surface area contributed by atoms with Gasteiger partial charge in [0.1, 0.15) is 11.5 Å². The Labute approximate surface area is 212 Å². The summed E-state index contributed by atoms with van der Waals surface area (Å²) >= 11 is 0. The molecule has 0 radical (unpaired) electrons. The molecule has 0 amide bonds. The minimum Gasteiger partial charge on any atom is -0.508 e. The molecule has 36 heavy (non-hydrogen) atoms. The maximum atomic E-state index is 9.61. The third-order valence-electron chi connectivity index (χ3n) is 6.47. The van der Waals surface area contributed by atoms with Gasteiger partial charge in [-0.3, -0.25) is 0 Å². The summed E-state index contributed by atoms with van der Waals surface area (Å²) < 4.78 is 0. The van der Waals surface area contributed by atoms with Crippen LogP contribution in [0.15, 0.2) is 121 Å². The lowest BCUT2D eigenvalue weighted by Gasteiger charge is -2.26. The molecule has 3 heteroatoms. The van der Waals surface area contributed by atoms with E-state index in [1.165, 1.54) is 5.56 Å². The van der Waals surface area contributed by atoms with Gasteiger partial charge in [-0.15, -0.1) is 0 Å². The molecule has 0 aliphatic rings. The van der Waals surface area contributed by atoms with Gasteiger partial charge in [-0.05, 0) is 94.4 Å². The topological polar surface area (TPSA) is 43.7 Å². The highest BCUT2D eigenvalue weighted by atomic mass is 16.3. The largest absolute Gasteiger partial charge is 0.508 e. The number of hydrogen-bond acceptors (Lipinski definition) is 3. The molecular formula is C33H29NO2. The molecule has 0 saturated carbocycles. The number of rotatable bonds is 6. The van der Waals surface area contributed by atoms with Crippen molar-refractivity contribution in [3.8, 4) is 33.8 Å². The van der Waals surface area contributed by atoms with Crippen LogP contribution in [0, 0.1) is 0 Å². The van der Waals surface area contributed by atoms with Gasteiger partial charge in [0.2, 0.25) is 0 Å². The summed E-state index contributed by atoms with van der Waals surface area (Å²) in [7, 11) is 0. The first-order chi connectivity index (χ1) is 17.5. The van der Waals surface area contributed by atoms with Gasteiger partial charge in [-0.25, -0.2) is 0 Å². The molecule has 5 aromatic rings. The zero-order chi connectivity index (χ0) is 25.1. The molecule has 0 aromatic heterocycles. The van der Waals surface area contributed by atoms with Gasteiger partial charge >= 0.3 is 0 Å². The molecule has 0 aliphatic carbocycles. The summed E-state index contributed by atoms with van der Waals surface area (Å²) in [4.78, 5) is 2.26. The molecule has 0 bridgehead atoms. The monoisotopic (exact) mass is 471 g/mol. The number of phenols is 2. The first-order valence-corrected chi connectivity index (χ1v) is 12.2. The Morgan fingerprint density at radius 3 is 1.00 bits per heavy atom. The number of nitrogens with zero attached hydrogens (tertiary/aromatic N) is 1. The quantitative estimate of drug-likeness (QED) is 0.260. The summed E-state index contributed by atoms with van der Waals surface area (Å²) in [5.41, 5.74) is 8.83. The van der Waals surface area contributed by atoms with Crippen molar-refractivity contribution >= 4 is 17.1 Å². The fourth-order valence-electron chi connectivity index (χ4n) is 4.37. The highest BCUT2D eigenvalue weighted by molar-refractivity contribution is 5.80. The van der Waals surface area contributed by atoms with Gasteiger partial charge in [0.15, 0.2) is 0 Å². The van der Waals surface area contributed by atoms with Crippen molar-refractivity contribution in [2.45, 2.75) is 19.8 Å². The van der Waals surface area contributed by atoms with Gasteiger partial charge in [-0.1, -0.05) is 74.5 Å². The van der Waals surface area contributed by atoms with Gasteiger partial charge in [0.25, 0.3) is 0 Å². The van der Waals surface area contributed by atoms with E-state index in [9.17, 15) is 10.2 Å². The molecule has 0 unspecified atom stereocenters. The molecule has 5 rings (SSSR count). The second-order valence-corrected chi connectivity index (χ2v) is 9.27. The van der Waals surface area contributed by atoms with Crippen molar-refractivity contribution in [2.24, 2.45) is 0 Å². The second kappa shape index (κ2) is 10.0. The van der Waals surface area contributed by atoms with E-state index in [4.69, 9.17) is 0 Å². The van der Waals surface area contributed by atoms with Crippen molar-refractivity contribution < 1.29 is 10.2 Å². The van der Waals surface area contributed by atoms with Crippen LogP contribution in [0.25, 0.3) is 22.3 Å². The van der Waals surface area contributed by atoms with Crippen molar-refractivity contribution in [3.63, 3.8) is 0 Å². The standard InChI is InChI=1S/C33H29NO2/c1-23(2)24-3-13-29(14-4-24)34(30-15-5-25(6-16-30)27-9-19-32(35)20-10-27)31-17-7-26(8-18-31)28-11-21-33(36)22-12-28/h3-23,35-36H,1-2H3. The van der Waals surface area contributed by atoms with Gasteiger partial charge < -0.3 is 15.1 Å². The Balaban J connectivity index is 1.52. The fraction of sp³-hybridized carbons (Fsp3) is 0.0909. The van der Waals surface area contributed by atoms with Crippen LogP contribution >= 0.6 is 0 Å². The molecule has 0 heterocycles. The second-order valence-electron chi connectivity index (χ2n) is 9.27. The Kier molecular flexibility index (Phi) is 6.46. The Morgan fingerprint density at radius 1 is 0.417 bits per heavy atom. The van der Waals surface area contributed by atoms with Crippen LogP contribution in [0.4, 0.5) is 17.1 Å². The molecule has 0 fully saturated rings. The molecule has 0 saturated heterocycles. The highest BCUT2D eigenvalue weighted by Crippen LogP contribution is 2.37. The summed E-state index contributed by atoms with van der Waals surface area (Å²) in [6, 6.07) is 40.3. The van der Waals surface area contributed by atoms with E-state index < -0.39 is 0 Å². The third-order valence-corrected chi connectivity index (χ3v) is 6.47. The van der Waals surface area contributed by atoms with E-state index >= 15 is 0 Å². The smallest absolute Gasteiger partial charge is 0.115 e. The Hall–Kier alpha value is -4.50. The maximum Gasteiger partial charge on any atom is 0.115 e. The minimum absolute atomic E-state index is 0.266. The van der Waals surface area contributed by atoms with Gasteiger partial charge in [0.05, 0.1) is 0 Å². The van der Waals surface area contributed by atoms with E-state index in [2.05, 4.69) is 91.5 Å². The SMILES string of the molecule is CC(C)c1ccc(N(c2ccc(-c3ccc(O)cc3)cc2)c2ccc(-c3ccc(O)cc3)cc2)cc1. The van der Waals surface area contributed by atoms with Crippen molar-refractivity contribution in [1.82, 2.24) is 0 Å². The number of hydrogen-bond donors (Lipinski definition) is 2. The molecule has 0 spiro atoms. The lowest BCUT2D eigenvalue weighted by atomic mass is 10.0. The fourth-order valence-corrected chi connectivity index (χ4v) is 4.37. The van der Waals surface area contributed by atoms with Gasteiger partial charge in [0, 0.05) is 17.1 Å². The molecule has 178 valence electrons. The predicted molar refractivity (Wildman–Crippen MR) is 149 cm³/mol. The number of phenolic OH excluding ortho intramolecular Hbond substituents is 2. The lowest BCUT2D eigenvalue weighted by molar-refractivity contribution is 0.475. The van der Waals surface area contributed by atoms with Crippen LogP contribution in [0.2, 0.25) is 0 Å². The summed E-state index contributed by atoms with van der Waals surface area (Å²) in [6.45, 7) is 4.41. The Morgan fingerprint density at radius 2 is 0.694 bits per heavy atom. The number of aromatic hydroxyl groups is 2. The van der Waals surface area contributed by atoms with Crippen LogP contribution in [0.1, 0.15) is 25.3 Å². The molecule has 0 atom stereocenters. The number of benzene rings is 5. The van der Waals surface area contributed by atoms with E-state index in [-0.39, 0.29) is 11.5 Å². The average molecular weight is 472 g/mol. The molecule has 5 aromatic carbocycles. The zero-order valence-electron chi connectivity index (χ0n) is 20.5. The van der Waals surface area contributed by atoms with Crippen molar-refractivity contribution in [3.05, 3.63) is 127 Å². The third kappa shape index (κ3) is 4.96. The Bertz CT molecular complexity index is 1330. The average Bonchev–Trinajstić information content (AvgIpc) is 2.91. The highest BCUT2D eigenvalue weighted by Gasteiger charge is 2.14. The minimum atomic E-state index is 0.266. The van der Waals surface area contributed by atoms with Crippen molar-refractivity contribution in [2.75, 3.05) is 4.90 Å². The van der Waals surface area contributed by atoms with E-state index in [1.807, 2.05) is 24.3 Å². The van der Waals surface area contributed by atoms with Crippen molar-refractivity contribution in [1.29, 1.82) is 0 Å². The zero-order valence-corrected chi connectivity index (χ0v) is 20.5. The molecular weight excluding hydrogens is 442 g/mol. The molecule has 3 nitrogen and oxygen atoms in total. The van der Waals surface area contributed by atoms with Crippen LogP contribution < -0.4 is 4.90 Å². The predicted octanol–water partition coefficient (Wildman–Crippen LogP) is 9.03. The van der Waals surface area contributed by atoms with E-state index in [0.29, 0.717) is 5.92 Å². The van der Waals surface area contributed by atoms with E-state index in [1.54, 1.807) is 24.3 Å². The van der Waals surface area contributed by atoms with Crippen LogP contribution in [0.5, 0.6) is 11.5 Å². The maximum absolute atomic E-state index is 9.61. The first-order valence-electron chi connectivity index (χ1n) is 12.2. The summed E-state index contributed by atoms with van der Waals surface area (Å²) in [5, 5.41) is 19.2. The number of anilines is 3. The van der Waals surface area contributed by atoms with E-state index in [0.717, 1.165) is 39.3 Å². The summed E-state index contributed by atoms with van der Waals surface area (Å²) in [6.07, 6.45) is 0. The van der Waals surface area contributed by atoms with Crippen LogP contribution in [0.3, 0.4) is 0 Å². The summed E-state index contributed by atoms with van der Waals surface area (Å²) in [5.74, 6) is 1.01. The van der Waals surface area contributed by atoms with Crippen LogP contribution in [-0.4, -0.2) is 10.2 Å². The lowest BCUT2D eigenvalue weighted by Crippen LogP contribution is -2.10.